The lowest BCUT2D eigenvalue weighted by atomic mass is 9.96. The summed E-state index contributed by atoms with van der Waals surface area (Å²) in [6.45, 7) is 7.94. The Morgan fingerprint density at radius 1 is 1.32 bits per heavy atom. The second-order valence-electron chi connectivity index (χ2n) is 10.7. The number of carbonyl (C=O) groups excluding carboxylic acids is 1. The number of aromatic nitrogens is 1. The SMILES string of the molecule is C=CC(=O)N1CC(Nc2c(C#N)c(OC[C@@H]3CCCN3C)nc3c2CCN(c2c(C)cccc2C(F)(F)F)C3)C1. The topological polar surface area (TPSA) is 84.7 Å². The van der Waals surface area contributed by atoms with Crippen LogP contribution >= 0.6 is 0 Å². The van der Waals surface area contributed by atoms with Crippen LogP contribution in [0.3, 0.4) is 0 Å². The first-order valence-corrected chi connectivity index (χ1v) is 13.5. The van der Waals surface area contributed by atoms with Crippen molar-refractivity contribution in [3.05, 3.63) is 58.8 Å². The number of nitriles is 1. The van der Waals surface area contributed by atoms with Gasteiger partial charge in [0.2, 0.25) is 11.8 Å². The first-order chi connectivity index (χ1) is 19.1. The molecule has 5 rings (SSSR count). The third kappa shape index (κ3) is 5.32. The molecule has 2 fully saturated rings. The third-order valence-electron chi connectivity index (χ3n) is 8.09. The lowest BCUT2D eigenvalue weighted by Gasteiger charge is -2.41. The van der Waals surface area contributed by atoms with Gasteiger partial charge in [0, 0.05) is 31.2 Å². The first-order valence-electron chi connectivity index (χ1n) is 13.5. The highest BCUT2D eigenvalue weighted by Gasteiger charge is 2.38. The molecule has 0 unspecified atom stereocenters. The van der Waals surface area contributed by atoms with Gasteiger partial charge in [0.15, 0.2) is 0 Å². The lowest BCUT2D eigenvalue weighted by Crippen LogP contribution is -2.56. The van der Waals surface area contributed by atoms with Crippen LogP contribution in [0.2, 0.25) is 0 Å². The largest absolute Gasteiger partial charge is 0.475 e. The van der Waals surface area contributed by atoms with Gasteiger partial charge in [-0.1, -0.05) is 18.7 Å². The zero-order valence-corrected chi connectivity index (χ0v) is 22.7. The summed E-state index contributed by atoms with van der Waals surface area (Å²) in [6, 6.07) is 6.58. The van der Waals surface area contributed by atoms with Crippen LogP contribution in [0.4, 0.5) is 24.5 Å². The molecule has 1 amide bonds. The molecule has 0 bridgehead atoms. The van der Waals surface area contributed by atoms with E-state index in [0.29, 0.717) is 49.6 Å². The molecule has 212 valence electrons. The Morgan fingerprint density at radius 2 is 2.10 bits per heavy atom. The van der Waals surface area contributed by atoms with E-state index in [1.807, 2.05) is 7.05 Å². The number of ether oxygens (including phenoxy) is 1. The molecule has 40 heavy (non-hydrogen) atoms. The minimum Gasteiger partial charge on any atom is -0.475 e. The van der Waals surface area contributed by atoms with Crippen LogP contribution in [0.15, 0.2) is 30.9 Å². The molecule has 11 heteroatoms. The molecule has 1 aromatic heterocycles. The minimum absolute atomic E-state index is 0.0810. The molecule has 0 radical (unpaired) electrons. The fourth-order valence-corrected chi connectivity index (χ4v) is 5.87. The summed E-state index contributed by atoms with van der Waals surface area (Å²) in [6.07, 6.45) is -0.780. The number of para-hydroxylation sites is 1. The highest BCUT2D eigenvalue weighted by Crippen LogP contribution is 2.42. The van der Waals surface area contributed by atoms with Crippen molar-refractivity contribution in [2.45, 2.75) is 51.0 Å². The van der Waals surface area contributed by atoms with E-state index in [0.717, 1.165) is 31.0 Å². The molecule has 3 aliphatic rings. The fraction of sp³-hybridized carbons (Fsp3) is 0.483. The van der Waals surface area contributed by atoms with Crippen LogP contribution in [0.5, 0.6) is 5.88 Å². The van der Waals surface area contributed by atoms with Crippen molar-refractivity contribution >= 4 is 17.3 Å². The summed E-state index contributed by atoms with van der Waals surface area (Å²) in [7, 11) is 2.03. The standard InChI is InChI=1S/C29H33F3N6O2/c1-4-25(39)38-14-19(15-38)34-26-21-10-12-37(27-18(2)7-5-9-23(27)29(30,31)32)16-24(21)35-28(22(26)13-33)40-17-20-8-6-11-36(20)3/h4-5,7,9,19-20H,1,6,8,10-12,14-17H2,2-3H3,(H,34,35)/t20-/m0/s1. The molecule has 3 aliphatic heterocycles. The number of aryl methyl sites for hydroxylation is 1. The van der Waals surface area contributed by atoms with Crippen LogP contribution in [-0.4, -0.2) is 72.6 Å². The summed E-state index contributed by atoms with van der Waals surface area (Å²) in [5.41, 5.74) is 2.27. The first kappa shape index (κ1) is 27.8. The van der Waals surface area contributed by atoms with E-state index in [-0.39, 0.29) is 41.7 Å². The molecule has 0 spiro atoms. The van der Waals surface area contributed by atoms with Gasteiger partial charge in [0.05, 0.1) is 35.2 Å². The molecule has 0 aliphatic carbocycles. The number of nitrogens with one attached hydrogen (secondary N) is 1. The summed E-state index contributed by atoms with van der Waals surface area (Å²) in [4.78, 5) is 22.2. The molecule has 8 nitrogen and oxygen atoms in total. The normalized spacial score (nSPS) is 19.6. The number of hydrogen-bond donors (Lipinski definition) is 1. The van der Waals surface area contributed by atoms with E-state index in [4.69, 9.17) is 9.72 Å². The zero-order valence-electron chi connectivity index (χ0n) is 22.7. The molecule has 2 aromatic rings. The number of anilines is 2. The Kier molecular flexibility index (Phi) is 7.64. The maximum absolute atomic E-state index is 13.9. The summed E-state index contributed by atoms with van der Waals surface area (Å²) in [5.74, 6) is 0.0273. The van der Waals surface area contributed by atoms with Crippen LogP contribution in [0, 0.1) is 18.3 Å². The minimum atomic E-state index is -4.49. The van der Waals surface area contributed by atoms with Crippen molar-refractivity contribution < 1.29 is 22.7 Å². The van der Waals surface area contributed by atoms with Crippen molar-refractivity contribution in [3.8, 4) is 11.9 Å². The average molecular weight is 555 g/mol. The van der Waals surface area contributed by atoms with Crippen molar-refractivity contribution in [3.63, 3.8) is 0 Å². The van der Waals surface area contributed by atoms with Gasteiger partial charge >= 0.3 is 6.18 Å². The van der Waals surface area contributed by atoms with Gasteiger partial charge in [-0.05, 0) is 57.5 Å². The Bertz CT molecular complexity index is 1350. The summed E-state index contributed by atoms with van der Waals surface area (Å²) >= 11 is 0. The van der Waals surface area contributed by atoms with Crippen LogP contribution in [-0.2, 0) is 23.9 Å². The predicted octanol–water partition coefficient (Wildman–Crippen LogP) is 4.12. The number of carbonyl (C=O) groups is 1. The van der Waals surface area contributed by atoms with Crippen LogP contribution in [0.1, 0.15) is 40.8 Å². The number of likely N-dealkylation sites (tertiary alicyclic amines) is 2. The van der Waals surface area contributed by atoms with Gasteiger partial charge in [-0.3, -0.25) is 4.79 Å². The number of hydrogen-bond acceptors (Lipinski definition) is 7. The molecule has 1 atom stereocenters. The predicted molar refractivity (Wildman–Crippen MR) is 145 cm³/mol. The zero-order chi connectivity index (χ0) is 28.6. The Labute approximate surface area is 232 Å². The number of amides is 1. The Hall–Kier alpha value is -3.78. The van der Waals surface area contributed by atoms with Crippen molar-refractivity contribution in [2.75, 3.05) is 50.1 Å². The van der Waals surface area contributed by atoms with E-state index < -0.39 is 11.7 Å². The molecule has 1 N–H and O–H groups in total. The highest BCUT2D eigenvalue weighted by molar-refractivity contribution is 5.88. The summed E-state index contributed by atoms with van der Waals surface area (Å²) < 4.78 is 48.0. The summed E-state index contributed by atoms with van der Waals surface area (Å²) in [5, 5.41) is 13.6. The third-order valence-corrected chi connectivity index (χ3v) is 8.09. The lowest BCUT2D eigenvalue weighted by molar-refractivity contribution is -0.137. The molecular formula is C29H33F3N6O2. The monoisotopic (exact) mass is 554 g/mol. The number of pyridine rings is 1. The maximum atomic E-state index is 13.9. The number of nitrogens with zero attached hydrogens (tertiary/aromatic N) is 5. The van der Waals surface area contributed by atoms with E-state index in [1.54, 1.807) is 22.8 Å². The molecule has 4 heterocycles. The van der Waals surface area contributed by atoms with Crippen molar-refractivity contribution in [2.24, 2.45) is 0 Å². The van der Waals surface area contributed by atoms with Crippen molar-refractivity contribution in [1.29, 1.82) is 5.26 Å². The Balaban J connectivity index is 1.49. The van der Waals surface area contributed by atoms with E-state index in [9.17, 15) is 23.2 Å². The highest BCUT2D eigenvalue weighted by atomic mass is 19.4. The maximum Gasteiger partial charge on any atom is 0.418 e. The van der Waals surface area contributed by atoms with Gasteiger partial charge < -0.3 is 24.8 Å². The van der Waals surface area contributed by atoms with E-state index in [2.05, 4.69) is 22.9 Å². The number of likely N-dealkylation sites (N-methyl/N-ethyl adjacent to an activating group) is 1. The van der Waals surface area contributed by atoms with Gasteiger partial charge in [0.1, 0.15) is 18.2 Å². The number of fused-ring (bicyclic) bond motifs is 1. The smallest absolute Gasteiger partial charge is 0.418 e. The van der Waals surface area contributed by atoms with Gasteiger partial charge in [-0.2, -0.15) is 18.4 Å². The number of rotatable bonds is 7. The number of halogens is 3. The van der Waals surface area contributed by atoms with Gasteiger partial charge in [-0.25, -0.2) is 4.98 Å². The molecule has 0 saturated carbocycles. The quantitative estimate of drug-likeness (QED) is 0.516. The van der Waals surface area contributed by atoms with Crippen molar-refractivity contribution in [1.82, 2.24) is 14.8 Å². The molecule has 1 aromatic carbocycles. The van der Waals surface area contributed by atoms with Gasteiger partial charge in [0.25, 0.3) is 0 Å². The number of alkyl halides is 3. The van der Waals surface area contributed by atoms with Gasteiger partial charge in [-0.15, -0.1) is 0 Å². The second kappa shape index (κ2) is 11.0. The van der Waals surface area contributed by atoms with E-state index in [1.165, 1.54) is 12.1 Å². The molecule has 2 saturated heterocycles. The number of benzene rings is 1. The average Bonchev–Trinajstić information content (AvgIpc) is 3.31. The van der Waals surface area contributed by atoms with E-state index >= 15 is 0 Å². The Morgan fingerprint density at radius 3 is 2.75 bits per heavy atom. The fourth-order valence-electron chi connectivity index (χ4n) is 5.87. The second-order valence-corrected chi connectivity index (χ2v) is 10.7. The van der Waals surface area contributed by atoms with Crippen LogP contribution in [0.25, 0.3) is 0 Å². The molecular weight excluding hydrogens is 521 g/mol. The van der Waals surface area contributed by atoms with Crippen LogP contribution < -0.4 is 15.0 Å².